The number of aromatic nitrogens is 2. The van der Waals surface area contributed by atoms with Crippen LogP contribution in [0.2, 0.25) is 0 Å². The van der Waals surface area contributed by atoms with E-state index in [1.54, 1.807) is 35.4 Å². The molecular formula is C22H29N5O4S. The fraction of sp³-hybridized carbons (Fsp3) is 0.500. The second-order valence-corrected chi connectivity index (χ2v) is 10.5. The van der Waals surface area contributed by atoms with Crippen molar-refractivity contribution in [2.75, 3.05) is 37.6 Å². The summed E-state index contributed by atoms with van der Waals surface area (Å²) in [4.78, 5) is 29.2. The zero-order valence-electron chi connectivity index (χ0n) is 18.9. The fourth-order valence-electron chi connectivity index (χ4n) is 4.51. The van der Waals surface area contributed by atoms with E-state index in [1.165, 1.54) is 4.31 Å². The summed E-state index contributed by atoms with van der Waals surface area (Å²) >= 11 is 0. The molecule has 0 aliphatic carbocycles. The van der Waals surface area contributed by atoms with Crippen LogP contribution >= 0.6 is 0 Å². The van der Waals surface area contributed by atoms with Crippen LogP contribution in [0, 0.1) is 26.7 Å². The Bertz CT molecular complexity index is 1150. The van der Waals surface area contributed by atoms with Crippen molar-refractivity contribution in [1.82, 2.24) is 19.0 Å². The molecule has 3 heterocycles. The minimum Gasteiger partial charge on any atom is -0.340 e. The summed E-state index contributed by atoms with van der Waals surface area (Å²) < 4.78 is 29.3. The van der Waals surface area contributed by atoms with Gasteiger partial charge >= 0.3 is 0 Å². The van der Waals surface area contributed by atoms with Crippen molar-refractivity contribution in [3.05, 3.63) is 41.2 Å². The standard InChI is InChI=1S/C22H29N5O4S/c1-15-5-7-19(8-6-15)27-14-18(13-20(27)28)22(29)25-9-11-26(12-10-25)32(30,31)21-16(2)23-24(4)17(21)3/h5-8,18H,9-14H2,1-4H3/t18-/m0/s1. The van der Waals surface area contributed by atoms with Crippen LogP contribution < -0.4 is 4.90 Å². The van der Waals surface area contributed by atoms with Crippen LogP contribution in [0.25, 0.3) is 0 Å². The monoisotopic (exact) mass is 459 g/mol. The summed E-state index contributed by atoms with van der Waals surface area (Å²) in [6.07, 6.45) is 0.180. The molecule has 4 rings (SSSR count). The minimum atomic E-state index is -3.68. The third-order valence-corrected chi connectivity index (χ3v) is 8.56. The van der Waals surface area contributed by atoms with Crippen molar-refractivity contribution in [2.24, 2.45) is 13.0 Å². The maximum Gasteiger partial charge on any atom is 0.246 e. The predicted octanol–water partition coefficient (Wildman–Crippen LogP) is 1.23. The van der Waals surface area contributed by atoms with Crippen LogP contribution in [0.1, 0.15) is 23.4 Å². The molecule has 0 radical (unpaired) electrons. The first kappa shape index (κ1) is 22.5. The molecule has 0 bridgehead atoms. The van der Waals surface area contributed by atoms with E-state index in [2.05, 4.69) is 5.10 Å². The maximum absolute atomic E-state index is 13.2. The molecule has 0 unspecified atom stereocenters. The van der Waals surface area contributed by atoms with Gasteiger partial charge in [-0.05, 0) is 32.9 Å². The molecule has 2 aliphatic heterocycles. The number of piperazine rings is 1. The molecule has 172 valence electrons. The highest BCUT2D eigenvalue weighted by Gasteiger charge is 2.39. The second kappa shape index (κ2) is 8.32. The number of amides is 2. The van der Waals surface area contributed by atoms with Crippen molar-refractivity contribution in [3.63, 3.8) is 0 Å². The summed E-state index contributed by atoms with van der Waals surface area (Å²) in [6.45, 7) is 6.85. The van der Waals surface area contributed by atoms with Gasteiger partial charge in [-0.2, -0.15) is 9.40 Å². The Labute approximate surface area is 188 Å². The van der Waals surface area contributed by atoms with Gasteiger partial charge in [0.2, 0.25) is 21.8 Å². The van der Waals surface area contributed by atoms with Gasteiger partial charge in [0.05, 0.1) is 17.3 Å². The van der Waals surface area contributed by atoms with Gasteiger partial charge < -0.3 is 9.80 Å². The number of carbonyl (C=O) groups excluding carboxylic acids is 2. The van der Waals surface area contributed by atoms with Crippen LogP contribution in [0.5, 0.6) is 0 Å². The van der Waals surface area contributed by atoms with Gasteiger partial charge in [-0.25, -0.2) is 8.42 Å². The average Bonchev–Trinajstić information content (AvgIpc) is 3.27. The van der Waals surface area contributed by atoms with E-state index in [0.29, 0.717) is 31.0 Å². The van der Waals surface area contributed by atoms with Gasteiger partial charge in [-0.15, -0.1) is 0 Å². The van der Waals surface area contributed by atoms with Gasteiger partial charge in [0.15, 0.2) is 0 Å². The van der Waals surface area contributed by atoms with Crippen LogP contribution in [0.3, 0.4) is 0 Å². The number of aryl methyl sites for hydroxylation is 3. The molecule has 1 aromatic heterocycles. The lowest BCUT2D eigenvalue weighted by atomic mass is 10.1. The number of hydrogen-bond donors (Lipinski definition) is 0. The zero-order chi connectivity index (χ0) is 23.2. The summed E-state index contributed by atoms with van der Waals surface area (Å²) in [5.74, 6) is -0.551. The molecule has 9 nitrogen and oxygen atoms in total. The van der Waals surface area contributed by atoms with Crippen LogP contribution in [-0.4, -0.2) is 71.9 Å². The largest absolute Gasteiger partial charge is 0.340 e. The molecular weight excluding hydrogens is 430 g/mol. The lowest BCUT2D eigenvalue weighted by Gasteiger charge is -2.35. The van der Waals surface area contributed by atoms with Crippen LogP contribution in [-0.2, 0) is 26.7 Å². The quantitative estimate of drug-likeness (QED) is 0.685. The molecule has 2 amide bonds. The summed E-state index contributed by atoms with van der Waals surface area (Å²) in [5, 5.41) is 4.22. The first-order valence-corrected chi connectivity index (χ1v) is 12.2. The Hall–Kier alpha value is -2.72. The Morgan fingerprint density at radius 1 is 1.03 bits per heavy atom. The number of rotatable bonds is 4. The normalized spacial score (nSPS) is 20.2. The van der Waals surface area contributed by atoms with E-state index in [0.717, 1.165) is 11.3 Å². The molecule has 2 aromatic rings. The molecule has 2 fully saturated rings. The number of hydrogen-bond acceptors (Lipinski definition) is 5. The lowest BCUT2D eigenvalue weighted by Crippen LogP contribution is -2.52. The van der Waals surface area contributed by atoms with Gasteiger partial charge in [0.25, 0.3) is 0 Å². The molecule has 0 saturated carbocycles. The number of anilines is 1. The highest BCUT2D eigenvalue weighted by Crippen LogP contribution is 2.28. The van der Waals surface area contributed by atoms with Crippen molar-refractivity contribution < 1.29 is 18.0 Å². The SMILES string of the molecule is Cc1ccc(N2C[C@@H](C(=O)N3CCN(S(=O)(=O)c4c(C)nn(C)c4C)CC3)CC2=O)cc1. The van der Waals surface area contributed by atoms with Crippen molar-refractivity contribution in [2.45, 2.75) is 32.1 Å². The number of carbonyl (C=O) groups is 2. The molecule has 10 heteroatoms. The topological polar surface area (TPSA) is 95.8 Å². The number of sulfonamides is 1. The molecule has 0 spiro atoms. The Kier molecular flexibility index (Phi) is 5.85. The number of benzene rings is 1. The molecule has 2 aliphatic rings. The fourth-order valence-corrected chi connectivity index (χ4v) is 6.33. The van der Waals surface area contributed by atoms with Crippen molar-refractivity contribution >= 4 is 27.5 Å². The third-order valence-electron chi connectivity index (χ3n) is 6.41. The Balaban J connectivity index is 1.41. The van der Waals surface area contributed by atoms with E-state index in [1.807, 2.05) is 31.2 Å². The highest BCUT2D eigenvalue weighted by molar-refractivity contribution is 7.89. The molecule has 2 saturated heterocycles. The van der Waals surface area contributed by atoms with E-state index in [9.17, 15) is 18.0 Å². The molecule has 32 heavy (non-hydrogen) atoms. The third kappa shape index (κ3) is 3.93. The Morgan fingerprint density at radius 3 is 2.22 bits per heavy atom. The Morgan fingerprint density at radius 2 is 1.66 bits per heavy atom. The van der Waals surface area contributed by atoms with Gasteiger partial charge in [-0.3, -0.25) is 14.3 Å². The smallest absolute Gasteiger partial charge is 0.246 e. The summed E-state index contributed by atoms with van der Waals surface area (Å²) in [7, 11) is -1.96. The first-order chi connectivity index (χ1) is 15.1. The lowest BCUT2D eigenvalue weighted by molar-refractivity contribution is -0.136. The summed E-state index contributed by atoms with van der Waals surface area (Å²) in [5.41, 5.74) is 2.98. The second-order valence-electron chi connectivity index (χ2n) is 8.59. The average molecular weight is 460 g/mol. The van der Waals surface area contributed by atoms with Crippen molar-refractivity contribution in [3.8, 4) is 0 Å². The predicted molar refractivity (Wildman–Crippen MR) is 120 cm³/mol. The van der Waals surface area contributed by atoms with E-state index in [4.69, 9.17) is 0 Å². The summed E-state index contributed by atoms with van der Waals surface area (Å²) in [6, 6.07) is 7.69. The van der Waals surface area contributed by atoms with Crippen LogP contribution in [0.4, 0.5) is 5.69 Å². The first-order valence-electron chi connectivity index (χ1n) is 10.8. The van der Waals surface area contributed by atoms with Gasteiger partial charge in [-0.1, -0.05) is 17.7 Å². The minimum absolute atomic E-state index is 0.0593. The van der Waals surface area contributed by atoms with Gasteiger partial charge in [0, 0.05) is 51.9 Å². The van der Waals surface area contributed by atoms with E-state index in [-0.39, 0.29) is 36.2 Å². The van der Waals surface area contributed by atoms with Crippen molar-refractivity contribution in [1.29, 1.82) is 0 Å². The number of nitrogens with zero attached hydrogens (tertiary/aromatic N) is 5. The van der Waals surface area contributed by atoms with Crippen LogP contribution in [0.15, 0.2) is 29.2 Å². The van der Waals surface area contributed by atoms with E-state index >= 15 is 0 Å². The molecule has 1 atom stereocenters. The maximum atomic E-state index is 13.2. The van der Waals surface area contributed by atoms with Gasteiger partial charge in [0.1, 0.15) is 4.90 Å². The van der Waals surface area contributed by atoms with E-state index < -0.39 is 15.9 Å². The zero-order valence-corrected chi connectivity index (χ0v) is 19.7. The molecule has 1 aromatic carbocycles. The highest BCUT2D eigenvalue weighted by atomic mass is 32.2. The molecule has 0 N–H and O–H groups in total.